The number of amides is 3. The molecule has 0 radical (unpaired) electrons. The van der Waals surface area contributed by atoms with Crippen LogP contribution < -0.4 is 21.7 Å². The summed E-state index contributed by atoms with van der Waals surface area (Å²) in [7, 11) is 0. The number of alkyl carbamates (subject to hydrolysis) is 1. The molecule has 10 heteroatoms. The van der Waals surface area contributed by atoms with Crippen molar-refractivity contribution in [1.29, 1.82) is 0 Å². The van der Waals surface area contributed by atoms with E-state index in [-0.39, 0.29) is 30.6 Å². The van der Waals surface area contributed by atoms with E-state index in [1.807, 2.05) is 44.2 Å². The van der Waals surface area contributed by atoms with Gasteiger partial charge < -0.3 is 26.4 Å². The molecule has 3 amide bonds. The average Bonchev–Trinajstić information content (AvgIpc) is 2.91. The molecule has 10 nitrogen and oxygen atoms in total. The summed E-state index contributed by atoms with van der Waals surface area (Å²) < 4.78 is 5.07. The van der Waals surface area contributed by atoms with E-state index < -0.39 is 12.0 Å². The van der Waals surface area contributed by atoms with Gasteiger partial charge in [0.25, 0.3) is 11.8 Å². The number of benzene rings is 2. The van der Waals surface area contributed by atoms with Gasteiger partial charge in [-0.2, -0.15) is 0 Å². The number of nitrogens with two attached hydrogens (primary N) is 1. The molecule has 0 unspecified atom stereocenters. The molecule has 1 heterocycles. The molecule has 0 bridgehead atoms. The van der Waals surface area contributed by atoms with Crippen molar-refractivity contribution in [3.8, 4) is 11.3 Å². The van der Waals surface area contributed by atoms with Gasteiger partial charge in [0.05, 0.1) is 18.5 Å². The summed E-state index contributed by atoms with van der Waals surface area (Å²) in [5, 5.41) is 8.25. The van der Waals surface area contributed by atoms with Crippen LogP contribution in [-0.4, -0.2) is 47.6 Å². The van der Waals surface area contributed by atoms with Crippen molar-refractivity contribution in [3.05, 3.63) is 77.6 Å². The van der Waals surface area contributed by atoms with Crippen LogP contribution in [0, 0.1) is 5.92 Å². The second kappa shape index (κ2) is 13.6. The van der Waals surface area contributed by atoms with E-state index >= 15 is 0 Å². The Hall–Kier alpha value is -4.47. The quantitative estimate of drug-likeness (QED) is 0.293. The van der Waals surface area contributed by atoms with Crippen molar-refractivity contribution < 1.29 is 19.1 Å². The smallest absolute Gasteiger partial charge is 0.407 e. The molecule has 0 aliphatic heterocycles. The maximum Gasteiger partial charge on any atom is 0.407 e. The molecule has 0 saturated carbocycles. The van der Waals surface area contributed by atoms with Crippen LogP contribution in [0.2, 0.25) is 0 Å². The summed E-state index contributed by atoms with van der Waals surface area (Å²) in [5.74, 6) is -0.407. The number of carbonyl (C=O) groups excluding carboxylic acids is 3. The maximum atomic E-state index is 12.6. The number of nitrogens with one attached hydrogen (secondary N) is 3. The zero-order valence-electron chi connectivity index (χ0n) is 21.0. The third-order valence-corrected chi connectivity index (χ3v) is 5.23. The Morgan fingerprint density at radius 2 is 1.76 bits per heavy atom. The number of hydrogen-bond acceptors (Lipinski definition) is 7. The molecule has 0 aliphatic carbocycles. The van der Waals surface area contributed by atoms with Crippen molar-refractivity contribution in [2.24, 2.45) is 5.92 Å². The van der Waals surface area contributed by atoms with E-state index in [1.54, 1.807) is 24.3 Å². The second-order valence-electron chi connectivity index (χ2n) is 8.76. The van der Waals surface area contributed by atoms with Gasteiger partial charge in [-0.15, -0.1) is 0 Å². The molecule has 3 aromatic rings. The summed E-state index contributed by atoms with van der Waals surface area (Å²) in [6.07, 6.45) is 1.39. The molecule has 2 aromatic carbocycles. The highest BCUT2D eigenvalue weighted by Crippen LogP contribution is 2.20. The molecule has 0 spiro atoms. The largest absolute Gasteiger partial charge is 0.449 e. The molecular weight excluding hydrogens is 472 g/mol. The predicted molar refractivity (Wildman–Crippen MR) is 141 cm³/mol. The summed E-state index contributed by atoms with van der Waals surface area (Å²) in [6.45, 7) is 5.33. The second-order valence-corrected chi connectivity index (χ2v) is 8.76. The van der Waals surface area contributed by atoms with E-state index in [2.05, 4.69) is 25.9 Å². The van der Waals surface area contributed by atoms with E-state index in [9.17, 15) is 14.4 Å². The number of anilines is 1. The van der Waals surface area contributed by atoms with Gasteiger partial charge in [0.1, 0.15) is 0 Å². The van der Waals surface area contributed by atoms with Crippen LogP contribution in [0.15, 0.2) is 60.8 Å². The fraction of sp³-hybridized carbons (Fsp3) is 0.296. The number of nitrogen functional groups attached to an aromatic ring is 1. The minimum absolute atomic E-state index is 0.0117. The van der Waals surface area contributed by atoms with Crippen LogP contribution in [-0.2, 0) is 11.3 Å². The first-order valence-corrected chi connectivity index (χ1v) is 12.1. The fourth-order valence-corrected chi connectivity index (χ4v) is 3.27. The zero-order valence-corrected chi connectivity index (χ0v) is 21.0. The lowest BCUT2D eigenvalue weighted by molar-refractivity contribution is 0.0938. The highest BCUT2D eigenvalue weighted by Gasteiger charge is 2.15. The SMILES string of the molecule is CC(C)CNC(=O)OCCCNC(=O)c1nc(-c2cccc(C(=O)NCc3ccccc3)c2)cnc1N. The monoisotopic (exact) mass is 504 g/mol. The van der Waals surface area contributed by atoms with Crippen LogP contribution in [0.5, 0.6) is 0 Å². The molecule has 3 rings (SSSR count). The van der Waals surface area contributed by atoms with E-state index in [4.69, 9.17) is 10.5 Å². The zero-order chi connectivity index (χ0) is 26.6. The van der Waals surface area contributed by atoms with Crippen LogP contribution in [0.25, 0.3) is 11.3 Å². The number of carbonyl (C=O) groups is 3. The molecule has 1 aromatic heterocycles. The average molecular weight is 505 g/mol. The van der Waals surface area contributed by atoms with Crippen LogP contribution in [0.4, 0.5) is 10.6 Å². The van der Waals surface area contributed by atoms with Crippen LogP contribution in [0.3, 0.4) is 0 Å². The lowest BCUT2D eigenvalue weighted by Crippen LogP contribution is -2.30. The van der Waals surface area contributed by atoms with Gasteiger partial charge in [-0.1, -0.05) is 56.3 Å². The van der Waals surface area contributed by atoms with Crippen molar-refractivity contribution in [3.63, 3.8) is 0 Å². The third kappa shape index (κ3) is 8.60. The van der Waals surface area contributed by atoms with Gasteiger partial charge in [0, 0.05) is 30.8 Å². The number of nitrogens with zero attached hydrogens (tertiary/aromatic N) is 2. The van der Waals surface area contributed by atoms with E-state index in [1.165, 1.54) is 6.20 Å². The highest BCUT2D eigenvalue weighted by molar-refractivity contribution is 5.97. The summed E-state index contributed by atoms with van der Waals surface area (Å²) >= 11 is 0. The molecule has 5 N–H and O–H groups in total. The lowest BCUT2D eigenvalue weighted by Gasteiger charge is -2.10. The normalized spacial score (nSPS) is 10.6. The summed E-state index contributed by atoms with van der Waals surface area (Å²) in [6, 6.07) is 16.5. The number of rotatable bonds is 11. The Morgan fingerprint density at radius 3 is 2.51 bits per heavy atom. The van der Waals surface area contributed by atoms with Crippen molar-refractivity contribution in [2.75, 3.05) is 25.4 Å². The molecule has 0 aliphatic rings. The van der Waals surface area contributed by atoms with E-state index in [0.717, 1.165) is 5.56 Å². The fourth-order valence-electron chi connectivity index (χ4n) is 3.27. The molecule has 0 saturated heterocycles. The first-order chi connectivity index (χ1) is 17.8. The van der Waals surface area contributed by atoms with Crippen LogP contribution >= 0.6 is 0 Å². The molecule has 0 fully saturated rings. The summed E-state index contributed by atoms with van der Waals surface area (Å²) in [4.78, 5) is 45.3. The van der Waals surface area contributed by atoms with Gasteiger partial charge in [-0.25, -0.2) is 14.8 Å². The topological polar surface area (TPSA) is 148 Å². The number of hydrogen-bond donors (Lipinski definition) is 4. The Bertz CT molecular complexity index is 1220. The highest BCUT2D eigenvalue weighted by atomic mass is 16.5. The van der Waals surface area contributed by atoms with Gasteiger partial charge in [-0.3, -0.25) is 9.59 Å². The predicted octanol–water partition coefficient (Wildman–Crippen LogP) is 3.16. The number of ether oxygens (including phenoxy) is 1. The standard InChI is InChI=1S/C27H32N6O4/c1-18(2)15-32-27(36)37-13-7-12-29-26(35)23-24(28)30-17-22(33-23)20-10-6-11-21(14-20)25(34)31-16-19-8-4-3-5-9-19/h3-6,8-11,14,17-18H,7,12-13,15-16H2,1-2H3,(H2,28,30)(H,29,35)(H,31,34)(H,32,36). The molecule has 0 atom stereocenters. The van der Waals surface area contributed by atoms with Crippen LogP contribution in [0.1, 0.15) is 46.7 Å². The minimum Gasteiger partial charge on any atom is -0.449 e. The molecule has 37 heavy (non-hydrogen) atoms. The third-order valence-electron chi connectivity index (χ3n) is 5.23. The Kier molecular flexibility index (Phi) is 9.95. The molecule has 194 valence electrons. The maximum absolute atomic E-state index is 12.6. The minimum atomic E-state index is -0.493. The first-order valence-electron chi connectivity index (χ1n) is 12.1. The van der Waals surface area contributed by atoms with Gasteiger partial charge in [0.15, 0.2) is 11.5 Å². The molecular formula is C27H32N6O4. The Balaban J connectivity index is 1.56. The van der Waals surface area contributed by atoms with Gasteiger partial charge in [-0.05, 0) is 30.0 Å². The van der Waals surface area contributed by atoms with Gasteiger partial charge in [0.2, 0.25) is 0 Å². The summed E-state index contributed by atoms with van der Waals surface area (Å²) in [5.41, 5.74) is 8.34. The Labute approximate surface area is 216 Å². The van der Waals surface area contributed by atoms with Gasteiger partial charge >= 0.3 is 6.09 Å². The van der Waals surface area contributed by atoms with E-state index in [0.29, 0.717) is 42.2 Å². The van der Waals surface area contributed by atoms with Crippen molar-refractivity contribution >= 4 is 23.7 Å². The first kappa shape index (κ1) is 27.1. The van der Waals surface area contributed by atoms with Crippen molar-refractivity contribution in [2.45, 2.75) is 26.8 Å². The Morgan fingerprint density at radius 1 is 0.973 bits per heavy atom. The lowest BCUT2D eigenvalue weighted by atomic mass is 10.1. The van der Waals surface area contributed by atoms with Crippen molar-refractivity contribution in [1.82, 2.24) is 25.9 Å². The number of aromatic nitrogens is 2.